The molecule has 1 aromatic carbocycles. The van der Waals surface area contributed by atoms with E-state index in [-0.39, 0.29) is 17.7 Å². The molecule has 2 heterocycles. The van der Waals surface area contributed by atoms with Crippen molar-refractivity contribution >= 4 is 17.7 Å². The quantitative estimate of drug-likeness (QED) is 0.499. The van der Waals surface area contributed by atoms with Crippen molar-refractivity contribution in [2.24, 2.45) is 5.92 Å². The second-order valence-corrected chi connectivity index (χ2v) is 8.58. The third kappa shape index (κ3) is 5.83. The van der Waals surface area contributed by atoms with Gasteiger partial charge in [0.1, 0.15) is 11.6 Å². The molecular formula is C25H29N5O3. The molecule has 2 aromatic heterocycles. The fourth-order valence-electron chi connectivity index (χ4n) is 4.31. The summed E-state index contributed by atoms with van der Waals surface area (Å²) in [5.41, 5.74) is 4.08. The van der Waals surface area contributed by atoms with Gasteiger partial charge in [-0.25, -0.2) is 4.98 Å². The van der Waals surface area contributed by atoms with Crippen LogP contribution in [0.3, 0.4) is 0 Å². The predicted octanol–water partition coefficient (Wildman–Crippen LogP) is 4.27. The third-order valence-electron chi connectivity index (χ3n) is 6.17. The number of aryl methyl sites for hydroxylation is 2. The molecule has 4 rings (SSSR count). The van der Waals surface area contributed by atoms with Crippen LogP contribution >= 0.6 is 0 Å². The number of rotatable bonds is 8. The molecule has 0 unspecified atom stereocenters. The number of esters is 1. The minimum absolute atomic E-state index is 0.191. The second-order valence-electron chi connectivity index (χ2n) is 8.58. The monoisotopic (exact) mass is 447 g/mol. The summed E-state index contributed by atoms with van der Waals surface area (Å²) in [6.45, 7) is 2.03. The van der Waals surface area contributed by atoms with Gasteiger partial charge in [-0.1, -0.05) is 43.9 Å². The number of ether oxygens (including phenoxy) is 1. The highest BCUT2D eigenvalue weighted by atomic mass is 16.5. The molecule has 1 aliphatic rings. The van der Waals surface area contributed by atoms with E-state index < -0.39 is 0 Å². The number of nitrogens with one attached hydrogen (secondary N) is 2. The first-order chi connectivity index (χ1) is 16.0. The smallest absolute Gasteiger partial charge is 0.305 e. The van der Waals surface area contributed by atoms with Gasteiger partial charge in [-0.15, -0.1) is 10.2 Å². The minimum Gasteiger partial charge on any atom is -0.469 e. The molecule has 0 bridgehead atoms. The summed E-state index contributed by atoms with van der Waals surface area (Å²) in [4.78, 5) is 31.5. The maximum absolute atomic E-state index is 12.7. The van der Waals surface area contributed by atoms with E-state index >= 15 is 0 Å². The molecule has 1 saturated carbocycles. The van der Waals surface area contributed by atoms with E-state index in [0.29, 0.717) is 24.6 Å². The molecule has 33 heavy (non-hydrogen) atoms. The second kappa shape index (κ2) is 10.4. The molecular weight excluding hydrogens is 418 g/mol. The SMILES string of the molecule is COC(=O)CCc1ccc(C)c(-c2ccnc(NC(=O)c3nnc(CC4CCCC4)[nH]3)c2)c1. The lowest BCUT2D eigenvalue weighted by Gasteiger charge is -2.11. The summed E-state index contributed by atoms with van der Waals surface area (Å²) in [7, 11) is 1.39. The maximum Gasteiger partial charge on any atom is 0.305 e. The average Bonchev–Trinajstić information content (AvgIpc) is 3.51. The Bertz CT molecular complexity index is 1130. The van der Waals surface area contributed by atoms with Crippen molar-refractivity contribution in [3.63, 3.8) is 0 Å². The number of nitrogens with zero attached hydrogens (tertiary/aromatic N) is 3. The van der Waals surface area contributed by atoms with Gasteiger partial charge >= 0.3 is 5.97 Å². The Balaban J connectivity index is 1.45. The van der Waals surface area contributed by atoms with Crippen LogP contribution in [0.4, 0.5) is 5.82 Å². The fraction of sp³-hybridized carbons (Fsp3) is 0.400. The number of H-pyrrole nitrogens is 1. The van der Waals surface area contributed by atoms with Gasteiger partial charge in [0, 0.05) is 19.0 Å². The Hall–Kier alpha value is -3.55. The Morgan fingerprint density at radius 2 is 1.97 bits per heavy atom. The van der Waals surface area contributed by atoms with Gasteiger partial charge in [-0.3, -0.25) is 9.59 Å². The van der Waals surface area contributed by atoms with Gasteiger partial charge in [0.25, 0.3) is 5.91 Å². The van der Waals surface area contributed by atoms with Crippen LogP contribution in [0.2, 0.25) is 0 Å². The van der Waals surface area contributed by atoms with Crippen molar-refractivity contribution in [3.05, 3.63) is 59.3 Å². The van der Waals surface area contributed by atoms with Gasteiger partial charge in [0.15, 0.2) is 0 Å². The molecule has 8 nitrogen and oxygen atoms in total. The van der Waals surface area contributed by atoms with Crippen LogP contribution in [-0.4, -0.2) is 39.2 Å². The fourth-order valence-corrected chi connectivity index (χ4v) is 4.31. The summed E-state index contributed by atoms with van der Waals surface area (Å²) in [6, 6.07) is 9.83. The number of amides is 1. The molecule has 0 saturated heterocycles. The molecule has 2 N–H and O–H groups in total. The predicted molar refractivity (Wildman–Crippen MR) is 125 cm³/mol. The molecule has 0 atom stereocenters. The zero-order chi connectivity index (χ0) is 23.2. The Morgan fingerprint density at radius 3 is 2.76 bits per heavy atom. The van der Waals surface area contributed by atoms with E-state index in [0.717, 1.165) is 34.5 Å². The van der Waals surface area contributed by atoms with Crippen LogP contribution in [0.15, 0.2) is 36.5 Å². The lowest BCUT2D eigenvalue weighted by atomic mass is 9.97. The first-order valence-electron chi connectivity index (χ1n) is 11.4. The Labute approximate surface area is 193 Å². The highest BCUT2D eigenvalue weighted by molar-refractivity contribution is 6.01. The lowest BCUT2D eigenvalue weighted by Crippen LogP contribution is -2.15. The summed E-state index contributed by atoms with van der Waals surface area (Å²) in [6.07, 6.45) is 8.38. The number of aromatic nitrogens is 4. The molecule has 1 fully saturated rings. The third-order valence-corrected chi connectivity index (χ3v) is 6.17. The van der Waals surface area contributed by atoms with Gasteiger partial charge in [-0.05, 0) is 53.6 Å². The number of carbonyl (C=O) groups excluding carboxylic acids is 2. The van der Waals surface area contributed by atoms with E-state index in [9.17, 15) is 9.59 Å². The molecule has 8 heteroatoms. The standard InChI is InChI=1S/C25H29N5O3/c1-16-7-8-18(9-10-23(31)33-2)13-20(16)19-11-12-26-21(15-19)28-25(32)24-27-22(29-30-24)14-17-5-3-4-6-17/h7-8,11-13,15,17H,3-6,9-10,14H2,1-2H3,(H,26,28,32)(H,27,29,30). The van der Waals surface area contributed by atoms with Crippen molar-refractivity contribution < 1.29 is 14.3 Å². The molecule has 1 aliphatic carbocycles. The van der Waals surface area contributed by atoms with Crippen LogP contribution in [-0.2, 0) is 22.4 Å². The molecule has 172 valence electrons. The van der Waals surface area contributed by atoms with E-state index in [1.165, 1.54) is 32.8 Å². The topological polar surface area (TPSA) is 110 Å². The highest BCUT2D eigenvalue weighted by Gasteiger charge is 2.19. The molecule has 3 aromatic rings. The number of hydrogen-bond acceptors (Lipinski definition) is 6. The van der Waals surface area contributed by atoms with Gasteiger partial charge in [-0.2, -0.15) is 0 Å². The van der Waals surface area contributed by atoms with Crippen molar-refractivity contribution in [1.82, 2.24) is 20.2 Å². The Kier molecular flexibility index (Phi) is 7.12. The molecule has 0 radical (unpaired) electrons. The van der Waals surface area contributed by atoms with Crippen molar-refractivity contribution in [2.45, 2.75) is 51.9 Å². The van der Waals surface area contributed by atoms with E-state index in [4.69, 9.17) is 4.74 Å². The lowest BCUT2D eigenvalue weighted by molar-refractivity contribution is -0.140. The van der Waals surface area contributed by atoms with Crippen molar-refractivity contribution in [3.8, 4) is 11.1 Å². The largest absolute Gasteiger partial charge is 0.469 e. The van der Waals surface area contributed by atoms with Gasteiger partial charge < -0.3 is 15.0 Å². The number of pyridine rings is 1. The molecule has 0 aliphatic heterocycles. The number of methoxy groups -OCH3 is 1. The minimum atomic E-state index is -0.367. The summed E-state index contributed by atoms with van der Waals surface area (Å²) in [5.74, 6) is 1.41. The van der Waals surface area contributed by atoms with Crippen LogP contribution < -0.4 is 5.32 Å². The first kappa shape index (κ1) is 22.6. The average molecular weight is 448 g/mol. The van der Waals surface area contributed by atoms with E-state index in [1.807, 2.05) is 31.2 Å². The van der Waals surface area contributed by atoms with Gasteiger partial charge in [0.05, 0.1) is 7.11 Å². The molecule has 0 spiro atoms. The van der Waals surface area contributed by atoms with Crippen LogP contribution in [0.5, 0.6) is 0 Å². The van der Waals surface area contributed by atoms with Crippen LogP contribution in [0, 0.1) is 12.8 Å². The zero-order valence-electron chi connectivity index (χ0n) is 19.1. The summed E-state index contributed by atoms with van der Waals surface area (Å²) >= 11 is 0. The Morgan fingerprint density at radius 1 is 1.15 bits per heavy atom. The summed E-state index contributed by atoms with van der Waals surface area (Å²) < 4.78 is 4.73. The number of hydrogen-bond donors (Lipinski definition) is 2. The van der Waals surface area contributed by atoms with E-state index in [2.05, 4.69) is 31.5 Å². The zero-order valence-corrected chi connectivity index (χ0v) is 19.1. The number of benzene rings is 1. The van der Waals surface area contributed by atoms with E-state index in [1.54, 1.807) is 6.20 Å². The van der Waals surface area contributed by atoms with Crippen molar-refractivity contribution in [1.29, 1.82) is 0 Å². The highest BCUT2D eigenvalue weighted by Crippen LogP contribution is 2.28. The molecule has 1 amide bonds. The number of carbonyl (C=O) groups is 2. The van der Waals surface area contributed by atoms with Gasteiger partial charge in [0.2, 0.25) is 5.82 Å². The first-order valence-corrected chi connectivity index (χ1v) is 11.4. The normalized spacial score (nSPS) is 13.8. The number of anilines is 1. The maximum atomic E-state index is 12.7. The van der Waals surface area contributed by atoms with Crippen LogP contribution in [0.1, 0.15) is 59.7 Å². The van der Waals surface area contributed by atoms with Crippen LogP contribution in [0.25, 0.3) is 11.1 Å². The number of aromatic amines is 1. The summed E-state index contributed by atoms with van der Waals surface area (Å²) in [5, 5.41) is 11.0. The van der Waals surface area contributed by atoms with Crippen molar-refractivity contribution in [2.75, 3.05) is 12.4 Å².